The number of hydrogen-bond donors (Lipinski definition) is 1. The van der Waals surface area contributed by atoms with E-state index in [1.165, 1.54) is 25.9 Å². The van der Waals surface area contributed by atoms with Crippen LogP contribution in [0, 0.1) is 0 Å². The second-order valence-electron chi connectivity index (χ2n) is 5.21. The molecule has 2 heterocycles. The third-order valence-electron chi connectivity index (χ3n) is 3.96. The van der Waals surface area contributed by atoms with Gasteiger partial charge >= 0.3 is 6.09 Å². The van der Waals surface area contributed by atoms with E-state index in [0.717, 1.165) is 32.0 Å². The minimum atomic E-state index is -0.636. The van der Waals surface area contributed by atoms with Crippen molar-refractivity contribution in [2.45, 2.75) is 37.8 Å². The molecule has 1 amide bonds. The Morgan fingerprint density at radius 3 is 2.24 bits per heavy atom. The molecule has 2 aliphatic heterocycles. The smallest absolute Gasteiger partial charge is 0.404 e. The quantitative estimate of drug-likeness (QED) is 0.771. The lowest BCUT2D eigenvalue weighted by atomic mass is 9.99. The summed E-state index contributed by atoms with van der Waals surface area (Å²) >= 11 is 0. The molecule has 0 aromatic rings. The topological polar surface area (TPSA) is 58.8 Å². The van der Waals surface area contributed by atoms with E-state index in [2.05, 4.69) is 16.8 Å². The average molecular weight is 241 g/mol. The predicted molar refractivity (Wildman–Crippen MR) is 65.8 cm³/mol. The van der Waals surface area contributed by atoms with Crippen LogP contribution in [0.5, 0.6) is 0 Å². The summed E-state index contributed by atoms with van der Waals surface area (Å²) in [4.78, 5) is 15.6. The normalized spacial score (nSPS) is 25.9. The molecule has 5 nitrogen and oxygen atoms in total. The third-order valence-corrected chi connectivity index (χ3v) is 3.96. The van der Waals surface area contributed by atoms with E-state index in [9.17, 15) is 4.79 Å². The molecule has 0 atom stereocenters. The van der Waals surface area contributed by atoms with Gasteiger partial charge in [-0.15, -0.1) is 0 Å². The molecule has 98 valence electrons. The Morgan fingerprint density at radius 2 is 1.71 bits per heavy atom. The van der Waals surface area contributed by atoms with Crippen LogP contribution in [-0.4, -0.2) is 61.3 Å². The van der Waals surface area contributed by atoms with Gasteiger partial charge in [0.2, 0.25) is 0 Å². The fourth-order valence-corrected chi connectivity index (χ4v) is 2.88. The van der Waals surface area contributed by atoms with Gasteiger partial charge in [-0.3, -0.25) is 0 Å². The molecule has 2 aliphatic rings. The second kappa shape index (κ2) is 5.69. The van der Waals surface area contributed by atoms with Gasteiger partial charge < -0.3 is 20.3 Å². The zero-order valence-corrected chi connectivity index (χ0v) is 10.6. The molecule has 0 saturated carbocycles. The zero-order valence-electron chi connectivity index (χ0n) is 10.6. The van der Waals surface area contributed by atoms with Crippen LogP contribution in [-0.2, 0) is 4.74 Å². The Bertz CT molecular complexity index is 256. The van der Waals surface area contributed by atoms with Crippen LogP contribution in [0.3, 0.4) is 0 Å². The minimum Gasteiger partial charge on any atom is -0.446 e. The molecule has 0 aromatic carbocycles. The number of amides is 1. The van der Waals surface area contributed by atoms with Crippen LogP contribution in [0.2, 0.25) is 0 Å². The first-order valence-corrected chi connectivity index (χ1v) is 6.54. The third kappa shape index (κ3) is 3.57. The van der Waals surface area contributed by atoms with Gasteiger partial charge in [0.1, 0.15) is 6.10 Å². The highest BCUT2D eigenvalue weighted by Crippen LogP contribution is 2.21. The van der Waals surface area contributed by atoms with Crippen molar-refractivity contribution in [1.29, 1.82) is 0 Å². The lowest BCUT2D eigenvalue weighted by Crippen LogP contribution is -2.48. The summed E-state index contributed by atoms with van der Waals surface area (Å²) in [6.45, 7) is 4.46. The molecular weight excluding hydrogens is 218 g/mol. The van der Waals surface area contributed by atoms with Crippen LogP contribution in [0.25, 0.3) is 0 Å². The number of rotatable bonds is 2. The van der Waals surface area contributed by atoms with Gasteiger partial charge in [-0.1, -0.05) is 0 Å². The predicted octanol–water partition coefficient (Wildman–Crippen LogP) is 0.640. The first-order chi connectivity index (χ1) is 8.15. The number of likely N-dealkylation sites (tertiary alicyclic amines) is 2. The van der Waals surface area contributed by atoms with E-state index in [0.29, 0.717) is 0 Å². The van der Waals surface area contributed by atoms with Gasteiger partial charge in [0.25, 0.3) is 0 Å². The number of piperidine rings is 2. The zero-order chi connectivity index (χ0) is 12.3. The fourth-order valence-electron chi connectivity index (χ4n) is 2.88. The van der Waals surface area contributed by atoms with E-state index >= 15 is 0 Å². The van der Waals surface area contributed by atoms with Crippen LogP contribution in [0.1, 0.15) is 25.7 Å². The number of nitrogens with two attached hydrogens (primary N) is 1. The first-order valence-electron chi connectivity index (χ1n) is 6.54. The maximum absolute atomic E-state index is 10.7. The highest BCUT2D eigenvalue weighted by atomic mass is 16.6. The van der Waals surface area contributed by atoms with Gasteiger partial charge in [-0.05, 0) is 45.8 Å². The molecule has 2 fully saturated rings. The van der Waals surface area contributed by atoms with E-state index in [-0.39, 0.29) is 6.10 Å². The number of hydrogen-bond acceptors (Lipinski definition) is 4. The molecule has 2 rings (SSSR count). The molecule has 0 unspecified atom stereocenters. The molecule has 17 heavy (non-hydrogen) atoms. The Hall–Kier alpha value is -0.810. The number of carbonyl (C=O) groups excluding carboxylic acids is 1. The summed E-state index contributed by atoms with van der Waals surface area (Å²) in [6.07, 6.45) is 3.78. The van der Waals surface area contributed by atoms with Crippen LogP contribution in [0.15, 0.2) is 0 Å². The van der Waals surface area contributed by atoms with Gasteiger partial charge in [0.15, 0.2) is 0 Å². The van der Waals surface area contributed by atoms with Crippen molar-refractivity contribution in [2.75, 3.05) is 33.2 Å². The Morgan fingerprint density at radius 1 is 1.12 bits per heavy atom. The standard InChI is InChI=1S/C12H23N3O2/c1-14-6-2-10(3-7-14)15-8-4-11(5-9-15)17-12(13)16/h10-11H,2-9H2,1H3,(H2,13,16). The molecule has 5 heteroatoms. The first kappa shape index (κ1) is 12.6. The van der Waals surface area contributed by atoms with Crippen LogP contribution >= 0.6 is 0 Å². The molecule has 0 radical (unpaired) electrons. The highest BCUT2D eigenvalue weighted by molar-refractivity contribution is 5.64. The number of nitrogens with zero attached hydrogens (tertiary/aromatic N) is 2. The number of ether oxygens (including phenoxy) is 1. The minimum absolute atomic E-state index is 0.0371. The molecule has 0 aliphatic carbocycles. The van der Waals surface area contributed by atoms with Crippen molar-refractivity contribution >= 4 is 6.09 Å². The van der Waals surface area contributed by atoms with Crippen LogP contribution in [0.4, 0.5) is 4.79 Å². The van der Waals surface area contributed by atoms with Crippen molar-refractivity contribution in [1.82, 2.24) is 9.80 Å². The Labute approximate surface area is 103 Å². The molecule has 0 bridgehead atoms. The molecule has 0 spiro atoms. The molecule has 0 aromatic heterocycles. The molecule has 2 saturated heterocycles. The SMILES string of the molecule is CN1CCC(N2CCC(OC(N)=O)CC2)CC1. The summed E-state index contributed by atoms with van der Waals surface area (Å²) in [5.74, 6) is 0. The summed E-state index contributed by atoms with van der Waals surface area (Å²) in [7, 11) is 2.18. The number of carbonyl (C=O) groups is 1. The van der Waals surface area contributed by atoms with Gasteiger partial charge in [0, 0.05) is 19.1 Å². The molecular formula is C12H23N3O2. The summed E-state index contributed by atoms with van der Waals surface area (Å²) in [5, 5.41) is 0. The maximum Gasteiger partial charge on any atom is 0.404 e. The van der Waals surface area contributed by atoms with Crippen molar-refractivity contribution in [3.05, 3.63) is 0 Å². The van der Waals surface area contributed by atoms with Gasteiger partial charge in [-0.2, -0.15) is 0 Å². The fraction of sp³-hybridized carbons (Fsp3) is 0.917. The lowest BCUT2D eigenvalue weighted by molar-refractivity contribution is 0.0295. The Balaban J connectivity index is 1.73. The van der Waals surface area contributed by atoms with Crippen molar-refractivity contribution < 1.29 is 9.53 Å². The largest absolute Gasteiger partial charge is 0.446 e. The maximum atomic E-state index is 10.7. The lowest BCUT2D eigenvalue weighted by Gasteiger charge is -2.40. The second-order valence-corrected chi connectivity index (χ2v) is 5.21. The highest BCUT2D eigenvalue weighted by Gasteiger charge is 2.28. The van der Waals surface area contributed by atoms with E-state index < -0.39 is 6.09 Å². The summed E-state index contributed by atoms with van der Waals surface area (Å²) in [5.41, 5.74) is 5.04. The Kier molecular flexibility index (Phi) is 4.23. The van der Waals surface area contributed by atoms with E-state index in [1.807, 2.05) is 0 Å². The van der Waals surface area contributed by atoms with E-state index in [4.69, 9.17) is 10.5 Å². The van der Waals surface area contributed by atoms with Crippen LogP contribution < -0.4 is 5.73 Å². The summed E-state index contributed by atoms with van der Waals surface area (Å²) < 4.78 is 5.05. The summed E-state index contributed by atoms with van der Waals surface area (Å²) in [6, 6.07) is 0.723. The number of primary amides is 1. The molecule has 2 N–H and O–H groups in total. The van der Waals surface area contributed by atoms with E-state index in [1.54, 1.807) is 0 Å². The van der Waals surface area contributed by atoms with Gasteiger partial charge in [-0.25, -0.2) is 4.79 Å². The van der Waals surface area contributed by atoms with Crippen molar-refractivity contribution in [3.8, 4) is 0 Å². The van der Waals surface area contributed by atoms with Gasteiger partial charge in [0.05, 0.1) is 0 Å². The van der Waals surface area contributed by atoms with Crippen molar-refractivity contribution in [3.63, 3.8) is 0 Å². The average Bonchev–Trinajstić information content (AvgIpc) is 2.30. The van der Waals surface area contributed by atoms with Crippen molar-refractivity contribution in [2.24, 2.45) is 5.73 Å². The monoisotopic (exact) mass is 241 g/mol.